The predicted octanol–water partition coefficient (Wildman–Crippen LogP) is 2.20. The number of nitrogens with two attached hydrogens (primary N) is 2. The zero-order chi connectivity index (χ0) is 19.8. The molecule has 1 aliphatic heterocycles. The number of nitrogens with zero attached hydrogens (tertiary/aromatic N) is 4. The van der Waals surface area contributed by atoms with E-state index in [0.29, 0.717) is 30.5 Å². The molecule has 0 spiro atoms. The maximum atomic E-state index is 6.03. The second kappa shape index (κ2) is 7.16. The Labute approximate surface area is 163 Å². The summed E-state index contributed by atoms with van der Waals surface area (Å²) >= 11 is 0. The molecular weight excluding hydrogens is 358 g/mol. The molecule has 5 N–H and O–H groups in total. The van der Waals surface area contributed by atoms with Crippen molar-refractivity contribution in [1.29, 1.82) is 0 Å². The lowest BCUT2D eigenvalue weighted by Crippen LogP contribution is -2.44. The first-order chi connectivity index (χ1) is 13.4. The molecule has 1 aliphatic rings. The average molecular weight is 383 g/mol. The quantitative estimate of drug-likeness (QED) is 0.625. The number of rotatable bonds is 4. The zero-order valence-electron chi connectivity index (χ0n) is 16.3. The number of morpholine rings is 1. The molecule has 1 saturated heterocycles. The Morgan fingerprint density at radius 2 is 2.07 bits per heavy atom. The van der Waals surface area contributed by atoms with Crippen molar-refractivity contribution in [1.82, 2.24) is 20.2 Å². The van der Waals surface area contributed by atoms with Gasteiger partial charge < -0.3 is 25.8 Å². The molecule has 0 aliphatic carbocycles. The van der Waals surface area contributed by atoms with Gasteiger partial charge >= 0.3 is 0 Å². The first-order valence-corrected chi connectivity index (χ1v) is 9.36. The van der Waals surface area contributed by atoms with Gasteiger partial charge in [-0.3, -0.25) is 5.10 Å². The maximum Gasteiger partial charge on any atom is 0.222 e. The van der Waals surface area contributed by atoms with Gasteiger partial charge in [-0.2, -0.15) is 10.1 Å². The van der Waals surface area contributed by atoms with Gasteiger partial charge in [0.25, 0.3) is 0 Å². The molecule has 9 heteroatoms. The summed E-state index contributed by atoms with van der Waals surface area (Å²) < 4.78 is 11.5. The maximum absolute atomic E-state index is 6.03. The van der Waals surface area contributed by atoms with E-state index in [-0.39, 0.29) is 18.1 Å². The fourth-order valence-corrected chi connectivity index (χ4v) is 3.45. The van der Waals surface area contributed by atoms with Gasteiger partial charge in [0.15, 0.2) is 5.82 Å². The van der Waals surface area contributed by atoms with Gasteiger partial charge in [0.2, 0.25) is 5.95 Å². The summed E-state index contributed by atoms with van der Waals surface area (Å²) in [6.45, 7) is 8.12. The normalized spacial score (nSPS) is 17.4. The number of benzene rings is 1. The van der Waals surface area contributed by atoms with Crippen molar-refractivity contribution in [2.24, 2.45) is 0 Å². The van der Waals surface area contributed by atoms with Crippen molar-refractivity contribution >= 4 is 28.5 Å². The number of ether oxygens (including phenoxy) is 2. The first-order valence-electron chi connectivity index (χ1n) is 9.36. The van der Waals surface area contributed by atoms with Crippen LogP contribution in [0.4, 0.5) is 17.6 Å². The number of aromatic nitrogens is 4. The number of hydrogen-bond donors (Lipinski definition) is 3. The summed E-state index contributed by atoms with van der Waals surface area (Å²) in [7, 11) is 0. The number of nitrogens with one attached hydrogen (secondary N) is 1. The Morgan fingerprint density at radius 3 is 2.82 bits per heavy atom. The second-order valence-electron chi connectivity index (χ2n) is 7.26. The van der Waals surface area contributed by atoms with Gasteiger partial charge in [0.05, 0.1) is 42.0 Å². The molecule has 148 valence electrons. The summed E-state index contributed by atoms with van der Waals surface area (Å²) in [5.74, 6) is 2.07. The topological polar surface area (TPSA) is 128 Å². The van der Waals surface area contributed by atoms with Gasteiger partial charge in [-0.1, -0.05) is 0 Å². The van der Waals surface area contributed by atoms with Crippen molar-refractivity contribution in [2.75, 3.05) is 36.1 Å². The highest BCUT2D eigenvalue weighted by Gasteiger charge is 2.22. The first kappa shape index (κ1) is 18.3. The number of fused-ring (bicyclic) bond motifs is 1. The average Bonchev–Trinajstić information content (AvgIpc) is 3.02. The predicted molar refractivity (Wildman–Crippen MR) is 109 cm³/mol. The van der Waals surface area contributed by atoms with Crippen molar-refractivity contribution in [3.8, 4) is 17.0 Å². The standard InChI is InChI=1S/C19H25N7O2/c1-10(2)28-15-7-12(6-14-17(15)18(20)25-24-14)13-8-16(23-19(21)22-13)26-4-5-27-9-11(26)3/h6-8,10-11H,4-5,9H2,1-3H3,(H3,20,24,25)(H2,21,22,23)/t11-/m1/s1. The van der Waals surface area contributed by atoms with Crippen LogP contribution in [0.2, 0.25) is 0 Å². The van der Waals surface area contributed by atoms with Crippen LogP contribution in [0, 0.1) is 0 Å². The molecule has 0 radical (unpaired) electrons. The number of aromatic amines is 1. The molecule has 1 fully saturated rings. The molecule has 1 atom stereocenters. The van der Waals surface area contributed by atoms with E-state index in [9.17, 15) is 0 Å². The highest BCUT2D eigenvalue weighted by atomic mass is 16.5. The number of anilines is 3. The lowest BCUT2D eigenvalue weighted by atomic mass is 10.1. The summed E-state index contributed by atoms with van der Waals surface area (Å²) in [5.41, 5.74) is 14.4. The molecule has 1 aromatic carbocycles. The summed E-state index contributed by atoms with van der Waals surface area (Å²) in [5, 5.41) is 7.83. The van der Waals surface area contributed by atoms with E-state index in [1.807, 2.05) is 32.0 Å². The Balaban J connectivity index is 1.81. The third-order valence-electron chi connectivity index (χ3n) is 4.71. The largest absolute Gasteiger partial charge is 0.490 e. The van der Waals surface area contributed by atoms with E-state index >= 15 is 0 Å². The van der Waals surface area contributed by atoms with Crippen LogP contribution >= 0.6 is 0 Å². The van der Waals surface area contributed by atoms with E-state index in [1.165, 1.54) is 0 Å². The van der Waals surface area contributed by atoms with Crippen LogP contribution in [0.3, 0.4) is 0 Å². The van der Waals surface area contributed by atoms with Gasteiger partial charge in [-0.25, -0.2) is 4.98 Å². The third-order valence-corrected chi connectivity index (χ3v) is 4.71. The molecule has 0 bridgehead atoms. The number of H-pyrrole nitrogens is 1. The van der Waals surface area contributed by atoms with Crippen LogP contribution in [0.25, 0.3) is 22.2 Å². The van der Waals surface area contributed by atoms with E-state index < -0.39 is 0 Å². The van der Waals surface area contributed by atoms with Crippen LogP contribution in [0.15, 0.2) is 18.2 Å². The van der Waals surface area contributed by atoms with E-state index in [2.05, 4.69) is 32.0 Å². The van der Waals surface area contributed by atoms with Crippen LogP contribution in [0.5, 0.6) is 5.75 Å². The molecule has 3 aromatic rings. The Bertz CT molecular complexity index is 1000. The second-order valence-corrected chi connectivity index (χ2v) is 7.26. The molecule has 0 saturated carbocycles. The van der Waals surface area contributed by atoms with Crippen LogP contribution in [0.1, 0.15) is 20.8 Å². The highest BCUT2D eigenvalue weighted by Crippen LogP contribution is 2.35. The molecule has 0 unspecified atom stereocenters. The minimum absolute atomic E-state index is 0.00650. The lowest BCUT2D eigenvalue weighted by Gasteiger charge is -2.34. The smallest absolute Gasteiger partial charge is 0.222 e. The third kappa shape index (κ3) is 3.40. The summed E-state index contributed by atoms with van der Waals surface area (Å²) in [4.78, 5) is 11.1. The summed E-state index contributed by atoms with van der Waals surface area (Å²) in [6.07, 6.45) is -0.00650. The molecule has 0 amide bonds. The molecule has 3 heterocycles. The Hall–Kier alpha value is -3.07. The van der Waals surface area contributed by atoms with Crippen molar-refractivity contribution < 1.29 is 9.47 Å². The fourth-order valence-electron chi connectivity index (χ4n) is 3.45. The molecule has 2 aromatic heterocycles. The molecule has 28 heavy (non-hydrogen) atoms. The van der Waals surface area contributed by atoms with Gasteiger partial charge in [-0.05, 0) is 32.9 Å². The van der Waals surface area contributed by atoms with Crippen molar-refractivity contribution in [2.45, 2.75) is 32.9 Å². The van der Waals surface area contributed by atoms with Gasteiger partial charge in [-0.15, -0.1) is 0 Å². The van der Waals surface area contributed by atoms with E-state index in [0.717, 1.165) is 28.8 Å². The number of hydrogen-bond acceptors (Lipinski definition) is 8. The lowest BCUT2D eigenvalue weighted by molar-refractivity contribution is 0.0985. The van der Waals surface area contributed by atoms with Crippen LogP contribution < -0.4 is 21.1 Å². The minimum atomic E-state index is -0.00650. The number of nitrogen functional groups attached to an aromatic ring is 2. The van der Waals surface area contributed by atoms with E-state index in [1.54, 1.807) is 0 Å². The van der Waals surface area contributed by atoms with Crippen molar-refractivity contribution in [3.63, 3.8) is 0 Å². The van der Waals surface area contributed by atoms with E-state index in [4.69, 9.17) is 20.9 Å². The Kier molecular flexibility index (Phi) is 4.68. The molecule has 9 nitrogen and oxygen atoms in total. The SMILES string of the molecule is CC(C)Oc1cc(-c2cc(N3CCOC[C@H]3C)nc(N)n2)cc2[nH]nc(N)c12. The summed E-state index contributed by atoms with van der Waals surface area (Å²) in [6, 6.07) is 6.02. The zero-order valence-corrected chi connectivity index (χ0v) is 16.3. The molecule has 4 rings (SSSR count). The van der Waals surface area contributed by atoms with Gasteiger partial charge in [0, 0.05) is 18.2 Å². The van der Waals surface area contributed by atoms with Crippen molar-refractivity contribution in [3.05, 3.63) is 18.2 Å². The van der Waals surface area contributed by atoms with Gasteiger partial charge in [0.1, 0.15) is 11.6 Å². The fraction of sp³-hybridized carbons (Fsp3) is 0.421. The Morgan fingerprint density at radius 1 is 1.25 bits per heavy atom. The van der Waals surface area contributed by atoms with Crippen LogP contribution in [-0.4, -0.2) is 52.1 Å². The molecular formula is C19H25N7O2. The van der Waals surface area contributed by atoms with Crippen LogP contribution in [-0.2, 0) is 4.74 Å². The minimum Gasteiger partial charge on any atom is -0.490 e. The highest BCUT2D eigenvalue weighted by molar-refractivity contribution is 5.97. The monoisotopic (exact) mass is 383 g/mol.